The molecule has 2 heterocycles. The highest BCUT2D eigenvalue weighted by Gasteiger charge is 2.71. The number of carbonyl (C=O) groups is 4. The van der Waals surface area contributed by atoms with Crippen molar-refractivity contribution in [2.24, 2.45) is 23.7 Å². The van der Waals surface area contributed by atoms with Gasteiger partial charge in [-0.05, 0) is 84.8 Å². The lowest BCUT2D eigenvalue weighted by Crippen LogP contribution is -2.53. The highest BCUT2D eigenvalue weighted by molar-refractivity contribution is 6.36. The van der Waals surface area contributed by atoms with Gasteiger partial charge in [0.15, 0.2) is 0 Å². The second-order valence-corrected chi connectivity index (χ2v) is 16.2. The highest BCUT2D eigenvalue weighted by Crippen LogP contribution is 2.65. The Hall–Kier alpha value is -5.80. The van der Waals surface area contributed by atoms with Gasteiger partial charge in [0.1, 0.15) is 11.5 Å². The first-order chi connectivity index (χ1) is 28.8. The Morgan fingerprint density at radius 1 is 0.885 bits per heavy atom. The Morgan fingerprint density at radius 2 is 1.56 bits per heavy atom. The molecule has 6 unspecified atom stereocenters. The number of ether oxygens (including phenoxy) is 1. The predicted octanol–water partition coefficient (Wildman–Crippen LogP) is 9.66. The molecule has 4 aromatic rings. The van der Waals surface area contributed by atoms with Crippen LogP contribution < -0.4 is 15.1 Å². The molecule has 1 saturated carbocycles. The van der Waals surface area contributed by atoms with Crippen LogP contribution in [0.4, 0.5) is 37.7 Å². The van der Waals surface area contributed by atoms with Gasteiger partial charge in [0.2, 0.25) is 11.8 Å². The first-order valence-corrected chi connectivity index (χ1v) is 19.6. The minimum atomic E-state index is -5.27. The molecule has 0 bridgehead atoms. The van der Waals surface area contributed by atoms with Gasteiger partial charge in [-0.3, -0.25) is 24.6 Å². The minimum Gasteiger partial charge on any atom is -0.507 e. The van der Waals surface area contributed by atoms with E-state index in [-0.39, 0.29) is 52.4 Å². The summed E-state index contributed by atoms with van der Waals surface area (Å²) in [5, 5.41) is 13.2. The molecule has 4 aromatic carbocycles. The number of amides is 4. The van der Waals surface area contributed by atoms with Gasteiger partial charge in [0, 0.05) is 16.5 Å². The highest BCUT2D eigenvalue weighted by atomic mass is 35.5. The lowest BCUT2D eigenvalue weighted by Gasteiger charge is -2.50. The third-order valence-electron chi connectivity index (χ3n) is 12.2. The van der Waals surface area contributed by atoms with E-state index in [1.807, 2.05) is 0 Å². The van der Waals surface area contributed by atoms with E-state index in [9.17, 15) is 41.0 Å². The van der Waals surface area contributed by atoms with Crippen molar-refractivity contribution in [3.63, 3.8) is 0 Å². The van der Waals surface area contributed by atoms with Gasteiger partial charge < -0.3 is 9.84 Å². The number of hydrazine groups is 1. The van der Waals surface area contributed by atoms with Crippen molar-refractivity contribution in [2.45, 2.75) is 42.9 Å². The molecule has 4 amide bonds. The van der Waals surface area contributed by atoms with Gasteiger partial charge in [-0.2, -0.15) is 31.4 Å². The number of benzene rings is 4. The molecule has 61 heavy (non-hydrogen) atoms. The predicted molar refractivity (Wildman–Crippen MR) is 212 cm³/mol. The Labute approximate surface area is 354 Å². The number of nitrogens with one attached hydrogen (secondary N) is 1. The van der Waals surface area contributed by atoms with E-state index >= 15 is 9.59 Å². The summed E-state index contributed by atoms with van der Waals surface area (Å²) in [5.41, 5.74) is -1.95. The van der Waals surface area contributed by atoms with Crippen LogP contribution >= 0.6 is 23.2 Å². The molecule has 4 aliphatic rings. The number of rotatable bonds is 8. The molecule has 316 valence electrons. The molecule has 0 aromatic heterocycles. The monoisotopic (exact) mass is 883 g/mol. The number of para-hydroxylation sites is 1. The molecule has 0 radical (unpaired) electrons. The second-order valence-electron chi connectivity index (χ2n) is 15.3. The number of imide groups is 2. The minimum absolute atomic E-state index is 0.0606. The number of anilines is 2. The van der Waals surface area contributed by atoms with E-state index < -0.39 is 87.8 Å². The number of allylic oxidation sites excluding steroid dienone is 3. The van der Waals surface area contributed by atoms with Crippen LogP contribution in [0.15, 0.2) is 103 Å². The lowest BCUT2D eigenvalue weighted by molar-refractivity contribution is -0.143. The first kappa shape index (κ1) is 41.9. The van der Waals surface area contributed by atoms with Crippen LogP contribution in [0.5, 0.6) is 11.5 Å². The molecular weight excluding hydrogens is 851 g/mol. The smallest absolute Gasteiger partial charge is 0.416 e. The van der Waals surface area contributed by atoms with Crippen molar-refractivity contribution in [1.29, 1.82) is 0 Å². The van der Waals surface area contributed by atoms with E-state index in [0.29, 0.717) is 39.5 Å². The Morgan fingerprint density at radius 3 is 2.16 bits per heavy atom. The fourth-order valence-electron chi connectivity index (χ4n) is 9.67. The second kappa shape index (κ2) is 15.0. The maximum atomic E-state index is 15.5. The standard InChI is InChI=1S/C44H33Cl2F6N3O6/c1-3-5-21-6-4-7-30(37(21)56)36-28-13-14-29-35(40(59)54(38(29)57)26-17-23(43(47,48)49)16-24(18-26)44(50,51)52)31(28)20-32-39(58)55(53-34-15-10-25(45)19-33(34)46)41(60)42(32,36)22-8-11-27(61-2)12-9-22/h3-4,6-13,15-19,29,31-32,35-36,53,56H,1,5,14,20H2,2H3. The molecule has 2 aliphatic carbocycles. The molecule has 2 aliphatic heterocycles. The Balaban J connectivity index is 1.34. The van der Waals surface area contributed by atoms with Crippen LogP contribution in [0.1, 0.15) is 46.6 Å². The zero-order valence-corrected chi connectivity index (χ0v) is 33.3. The summed E-state index contributed by atoms with van der Waals surface area (Å²) in [6.45, 7) is 3.78. The SMILES string of the molecule is C=CCc1cccc(C2C3=CCC4C(=O)N(c5cc(C(F)(F)F)cc(C(F)(F)F)c5)C(=O)C4C3CC3C(=O)N(Nc4ccc(Cl)cc4Cl)C(=O)C32c2ccc(OC)cc2)c1O. The number of phenols is 1. The van der Waals surface area contributed by atoms with Gasteiger partial charge in [-0.15, -0.1) is 6.58 Å². The topological polar surface area (TPSA) is 116 Å². The summed E-state index contributed by atoms with van der Waals surface area (Å²) in [7, 11) is 1.44. The Bertz CT molecular complexity index is 2530. The number of aromatic hydroxyl groups is 1. The number of hydrogen-bond acceptors (Lipinski definition) is 7. The van der Waals surface area contributed by atoms with Gasteiger partial charge in [-0.25, -0.2) is 4.90 Å². The summed E-state index contributed by atoms with van der Waals surface area (Å²) in [5.74, 6) is -9.76. The molecule has 8 rings (SSSR count). The summed E-state index contributed by atoms with van der Waals surface area (Å²) < 4.78 is 89.3. The van der Waals surface area contributed by atoms with Gasteiger partial charge in [-0.1, -0.05) is 71.3 Å². The lowest BCUT2D eigenvalue weighted by atomic mass is 9.49. The number of phenolic OH excluding ortho intramolecular Hbond substituents is 1. The number of fused-ring (bicyclic) bond motifs is 4. The van der Waals surface area contributed by atoms with E-state index in [4.69, 9.17) is 27.9 Å². The molecule has 0 spiro atoms. The third kappa shape index (κ3) is 6.63. The zero-order valence-electron chi connectivity index (χ0n) is 31.8. The fourth-order valence-corrected chi connectivity index (χ4v) is 10.1. The Kier molecular flexibility index (Phi) is 10.3. The van der Waals surface area contributed by atoms with Gasteiger partial charge >= 0.3 is 12.4 Å². The van der Waals surface area contributed by atoms with Crippen molar-refractivity contribution in [3.05, 3.63) is 141 Å². The molecule has 9 nitrogen and oxygen atoms in total. The van der Waals surface area contributed by atoms with Crippen molar-refractivity contribution in [2.75, 3.05) is 17.4 Å². The number of hydrogen-bond donors (Lipinski definition) is 2. The maximum absolute atomic E-state index is 15.5. The first-order valence-electron chi connectivity index (χ1n) is 18.9. The average Bonchev–Trinajstić information content (AvgIpc) is 3.59. The number of methoxy groups -OCH3 is 1. The van der Waals surface area contributed by atoms with Crippen molar-refractivity contribution in [1.82, 2.24) is 5.01 Å². The van der Waals surface area contributed by atoms with Crippen LogP contribution in [0.25, 0.3) is 0 Å². The maximum Gasteiger partial charge on any atom is 0.416 e. The third-order valence-corrected chi connectivity index (χ3v) is 12.8. The van der Waals surface area contributed by atoms with E-state index in [1.165, 1.54) is 25.3 Å². The zero-order chi connectivity index (χ0) is 43.9. The summed E-state index contributed by atoms with van der Waals surface area (Å²) in [4.78, 5) is 59.7. The number of nitrogens with zero attached hydrogens (tertiary/aromatic N) is 2. The van der Waals surface area contributed by atoms with Crippen molar-refractivity contribution in [3.8, 4) is 11.5 Å². The van der Waals surface area contributed by atoms with E-state index in [2.05, 4.69) is 12.0 Å². The van der Waals surface area contributed by atoms with E-state index in [1.54, 1.807) is 54.6 Å². The van der Waals surface area contributed by atoms with Crippen molar-refractivity contribution >= 4 is 58.2 Å². The van der Waals surface area contributed by atoms with E-state index in [0.717, 1.165) is 5.01 Å². The summed E-state index contributed by atoms with van der Waals surface area (Å²) in [6, 6.07) is 16.1. The van der Waals surface area contributed by atoms with Crippen LogP contribution in [-0.2, 0) is 43.4 Å². The molecule has 3 fully saturated rings. The molecule has 17 heteroatoms. The number of carbonyl (C=O) groups excluding carboxylic acids is 4. The molecule has 2 N–H and O–H groups in total. The molecule has 6 atom stereocenters. The number of halogens is 8. The summed E-state index contributed by atoms with van der Waals surface area (Å²) in [6.07, 6.45) is -7.65. The quantitative estimate of drug-likeness (QED) is 0.103. The number of alkyl halides is 6. The summed E-state index contributed by atoms with van der Waals surface area (Å²) >= 11 is 12.6. The average molecular weight is 885 g/mol. The van der Waals surface area contributed by atoms with Crippen molar-refractivity contribution < 1.29 is 55.4 Å². The van der Waals surface area contributed by atoms with Crippen LogP contribution in [0.2, 0.25) is 10.0 Å². The molecular formula is C44H33Cl2F6N3O6. The largest absolute Gasteiger partial charge is 0.507 e. The van der Waals surface area contributed by atoms with Gasteiger partial charge in [0.25, 0.3) is 11.8 Å². The van der Waals surface area contributed by atoms with Crippen LogP contribution in [0, 0.1) is 23.7 Å². The van der Waals surface area contributed by atoms with Crippen LogP contribution in [0.3, 0.4) is 0 Å². The fraction of sp³-hybridized carbons (Fsp3) is 0.273. The molecule has 2 saturated heterocycles. The normalized spacial score (nSPS) is 24.9. The van der Waals surface area contributed by atoms with Gasteiger partial charge in [0.05, 0.1) is 57.8 Å². The van der Waals surface area contributed by atoms with Crippen LogP contribution in [-0.4, -0.2) is 40.9 Å².